The molecule has 4 amide bonds. The number of ketones is 2. The summed E-state index contributed by atoms with van der Waals surface area (Å²) in [6.07, 6.45) is 21.3. The molecule has 554 valence electrons. The molecule has 4 atom stereocenters. The van der Waals surface area contributed by atoms with Crippen LogP contribution in [0.3, 0.4) is 0 Å². The molecule has 94 heavy (non-hydrogen) atoms. The van der Waals surface area contributed by atoms with Crippen molar-refractivity contribution in [2.45, 2.75) is 216 Å². The maximum absolute atomic E-state index is 11.9. The second-order valence-electron chi connectivity index (χ2n) is 24.2. The number of Topliss-reactive ketones (excluding diaryl/α,β-unsaturated/α-hetero) is 2. The molecule has 0 aliphatic carbocycles. The number of unbranched alkanes of at least 4 members (excludes halogenated alkanes) is 4. The third kappa shape index (κ3) is 70.6. The third-order valence-corrected chi connectivity index (χ3v) is 18.5. The number of rotatable bonds is 58. The summed E-state index contributed by atoms with van der Waals surface area (Å²) in [5.41, 5.74) is 0. The molecule has 1 aliphatic heterocycles. The average molecular weight is 1480 g/mol. The van der Waals surface area contributed by atoms with Crippen LogP contribution in [0.15, 0.2) is 0 Å². The van der Waals surface area contributed by atoms with Gasteiger partial charge in [0.25, 0.3) is 0 Å². The molecule has 4 unspecified atom stereocenters. The van der Waals surface area contributed by atoms with Gasteiger partial charge in [0.05, 0.1) is 19.4 Å². The van der Waals surface area contributed by atoms with E-state index in [1.807, 2.05) is 4.90 Å². The first-order valence-corrected chi connectivity index (χ1v) is 39.5. The Labute approximate surface area is 612 Å². The Morgan fingerprint density at radius 3 is 0.947 bits per heavy atom. The molecule has 0 spiro atoms. The number of aliphatic hydroxyl groups is 1. The Bertz CT molecular complexity index is 1870. The van der Waals surface area contributed by atoms with E-state index in [1.54, 1.807) is 6.92 Å². The maximum atomic E-state index is 11.9. The van der Waals surface area contributed by atoms with Crippen LogP contribution in [0.1, 0.15) is 195 Å². The lowest BCUT2D eigenvalue weighted by Gasteiger charge is -2.34. The van der Waals surface area contributed by atoms with Gasteiger partial charge < -0.3 is 51.3 Å². The molecule has 1 saturated heterocycles. The number of aliphatic hydroxyl groups excluding tert-OH is 1. The molecule has 20 nitrogen and oxygen atoms in total. The van der Waals surface area contributed by atoms with Crippen LogP contribution in [0.2, 0.25) is 0 Å². The second kappa shape index (κ2) is 70.2. The number of carbonyl (C=O) groups is 8. The van der Waals surface area contributed by atoms with Gasteiger partial charge in [-0.1, -0.05) is 39.5 Å². The van der Waals surface area contributed by atoms with Gasteiger partial charge in [0.2, 0.25) is 23.6 Å². The van der Waals surface area contributed by atoms with Gasteiger partial charge in [-0.3, -0.25) is 48.2 Å². The van der Waals surface area contributed by atoms with Gasteiger partial charge in [0, 0.05) is 171 Å². The molecule has 0 aromatic rings. The Balaban J connectivity index is -0.00000118. The Hall–Kier alpha value is -1.28. The first kappa shape index (κ1) is 96.9. The number of thiol groups is 8. The third-order valence-electron chi connectivity index (χ3n) is 15.4. The topological polar surface area (TPSA) is 262 Å². The van der Waals surface area contributed by atoms with Crippen LogP contribution in [0.25, 0.3) is 0 Å². The fourth-order valence-electron chi connectivity index (χ4n) is 9.76. The van der Waals surface area contributed by atoms with Crippen molar-refractivity contribution in [2.24, 2.45) is 0 Å². The number of amides is 4. The molecule has 7 N–H and O–H groups in total. The fraction of sp³-hybridized carbons (Fsp3) is 0.879. The molecular weight excluding hydrogens is 1350 g/mol. The minimum Gasteiger partial charge on any atom is -0.481 e. The lowest BCUT2D eigenvalue weighted by molar-refractivity contribution is -0.138. The second-order valence-corrected chi connectivity index (χ2v) is 28.9. The zero-order valence-electron chi connectivity index (χ0n) is 58.1. The van der Waals surface area contributed by atoms with Crippen LogP contribution < -0.4 is 21.3 Å². The number of aliphatic carboxylic acids is 2. The first-order chi connectivity index (χ1) is 45.0. The molecule has 1 aliphatic rings. The zero-order valence-corrected chi connectivity index (χ0v) is 65.2. The van der Waals surface area contributed by atoms with Crippen molar-refractivity contribution in [1.82, 2.24) is 45.8 Å². The highest BCUT2D eigenvalue weighted by Crippen LogP contribution is 2.16. The van der Waals surface area contributed by atoms with Crippen LogP contribution in [0.4, 0.5) is 0 Å². The Kier molecular flexibility index (Phi) is 72.3. The molecule has 0 bridgehead atoms. The van der Waals surface area contributed by atoms with E-state index in [2.05, 4.69) is 156 Å². The normalized spacial score (nSPS) is 13.7. The van der Waals surface area contributed by atoms with E-state index in [4.69, 9.17) is 15.3 Å². The van der Waals surface area contributed by atoms with E-state index in [-0.39, 0.29) is 54.6 Å². The smallest absolute Gasteiger partial charge is 0.304 e. The van der Waals surface area contributed by atoms with Gasteiger partial charge in [0.1, 0.15) is 11.6 Å². The van der Waals surface area contributed by atoms with E-state index in [9.17, 15) is 38.4 Å². The summed E-state index contributed by atoms with van der Waals surface area (Å²) in [4.78, 5) is 101. The SMILES string of the molecule is CC(=O)CCN(CCNC(=O)CCCCC(S)CCS)CCC(=O)O.CC(=O)CCN1CCN(CCNC(=O)CCCCC(S)CCS)CC1.CCCN(CCNC(=O)CCCCC(S)CCS)CCC(=O)O.CCCN(CCO)CCNC(=O)CCCCC(S)CCS. The predicted octanol–water partition coefficient (Wildman–Crippen LogP) is 8.37. The van der Waals surface area contributed by atoms with Crippen LogP contribution in [-0.4, -0.2) is 262 Å². The average Bonchev–Trinajstić information content (AvgIpc) is 1.48. The number of hydrogen-bond donors (Lipinski definition) is 15. The first-order valence-electron chi connectivity index (χ1n) is 34.9. The van der Waals surface area contributed by atoms with E-state index >= 15 is 0 Å². The number of nitrogens with zero attached hydrogens (tertiary/aromatic N) is 5. The summed E-state index contributed by atoms with van der Waals surface area (Å²) in [6, 6.07) is 0. The molecule has 1 heterocycles. The Morgan fingerprint density at radius 2 is 0.660 bits per heavy atom. The van der Waals surface area contributed by atoms with Gasteiger partial charge in [-0.15, -0.1) is 0 Å². The summed E-state index contributed by atoms with van der Waals surface area (Å²) in [5, 5.41) is 39.8. The van der Waals surface area contributed by atoms with Gasteiger partial charge in [0.15, 0.2) is 0 Å². The highest BCUT2D eigenvalue weighted by atomic mass is 32.1. The van der Waals surface area contributed by atoms with Crippen molar-refractivity contribution in [3.05, 3.63) is 0 Å². The maximum Gasteiger partial charge on any atom is 0.304 e. The van der Waals surface area contributed by atoms with Gasteiger partial charge in [-0.2, -0.15) is 101 Å². The van der Waals surface area contributed by atoms with E-state index < -0.39 is 11.9 Å². The van der Waals surface area contributed by atoms with Gasteiger partial charge in [-0.05, 0) is 140 Å². The molecule has 1 rings (SSSR count). The molecule has 0 aromatic heterocycles. The lowest BCUT2D eigenvalue weighted by Crippen LogP contribution is -2.48. The molecule has 0 aromatic carbocycles. The van der Waals surface area contributed by atoms with E-state index in [0.29, 0.717) is 118 Å². The quantitative estimate of drug-likeness (QED) is 0.0202. The van der Waals surface area contributed by atoms with Crippen molar-refractivity contribution < 1.29 is 53.7 Å². The zero-order chi connectivity index (χ0) is 71.0. The van der Waals surface area contributed by atoms with Crippen molar-refractivity contribution in [1.29, 1.82) is 0 Å². The summed E-state index contributed by atoms with van der Waals surface area (Å²) in [7, 11) is 0. The minimum atomic E-state index is -0.864. The summed E-state index contributed by atoms with van der Waals surface area (Å²) >= 11 is 34.7. The fourth-order valence-corrected chi connectivity index (χ4v) is 13.1. The van der Waals surface area contributed by atoms with Crippen LogP contribution in [0.5, 0.6) is 0 Å². The van der Waals surface area contributed by atoms with Crippen molar-refractivity contribution >= 4 is 148 Å². The highest BCUT2D eigenvalue weighted by Gasteiger charge is 2.18. The Morgan fingerprint density at radius 1 is 0.372 bits per heavy atom. The number of carbonyl (C=O) groups excluding carboxylic acids is 6. The number of carboxylic acids is 2. The summed E-state index contributed by atoms with van der Waals surface area (Å²) < 4.78 is 0. The standard InChI is InChI=1S/C18H35N3O2S2.C17H32N2O4S2.C16H32N2O3S2.C15H32N2O2S2/c1-16(22)6-9-20-11-13-21(14-12-20)10-8-19-18(23)5-3-2-4-17(25)7-15-24;1-14(20)6-10-19(11-7-17(22)23)12-9-18-16(21)5-3-2-4-15(25)8-13-24;1-2-10-18(11-7-16(20)21)12-9-17-15(19)6-4-3-5-14(23)8-13-22;1-2-9-17(11-12-18)10-8-16-15(19)6-4-3-5-14(21)7-13-20/h17,24-25H,2-15H2,1H3,(H,19,23);15,24-25H,2-13H2,1H3,(H,18,21)(H,22,23);14,22-23H,2-13H2,1H3,(H,17,19)(H,20,21);14,18,20-21H,2-13H2,1H3,(H,16,19). The largest absolute Gasteiger partial charge is 0.481 e. The van der Waals surface area contributed by atoms with Crippen molar-refractivity contribution in [3.8, 4) is 0 Å². The molecule has 0 radical (unpaired) electrons. The van der Waals surface area contributed by atoms with Crippen LogP contribution >= 0.6 is 101 Å². The molecule has 28 heteroatoms. The van der Waals surface area contributed by atoms with Gasteiger partial charge >= 0.3 is 11.9 Å². The van der Waals surface area contributed by atoms with E-state index in [0.717, 1.165) is 204 Å². The number of hydrogen-bond acceptors (Lipinski definition) is 22. The number of piperazine rings is 1. The molecular formula is C66H131N9O11S8. The van der Waals surface area contributed by atoms with Crippen molar-refractivity contribution in [2.75, 3.05) is 154 Å². The number of carboxylic acid groups (broad SMARTS) is 2. The minimum absolute atomic E-state index is 0.00895. The highest BCUT2D eigenvalue weighted by molar-refractivity contribution is 7.82. The van der Waals surface area contributed by atoms with E-state index in [1.165, 1.54) is 6.92 Å². The van der Waals surface area contributed by atoms with Gasteiger partial charge in [-0.25, -0.2) is 0 Å². The predicted molar refractivity (Wildman–Crippen MR) is 416 cm³/mol. The number of nitrogens with one attached hydrogen (secondary N) is 4. The lowest BCUT2D eigenvalue weighted by atomic mass is 10.1. The molecule has 0 saturated carbocycles. The van der Waals surface area contributed by atoms with Crippen molar-refractivity contribution in [3.63, 3.8) is 0 Å². The monoisotopic (exact) mass is 1480 g/mol. The molecule has 1 fully saturated rings. The summed E-state index contributed by atoms with van der Waals surface area (Å²) in [5.74, 6) is 2.48. The van der Waals surface area contributed by atoms with Crippen LogP contribution in [0, 0.1) is 0 Å². The van der Waals surface area contributed by atoms with Crippen LogP contribution in [-0.2, 0) is 38.4 Å². The summed E-state index contributed by atoms with van der Waals surface area (Å²) in [6.45, 7) is 21.8.